The smallest absolute Gasteiger partial charge is 0.267 e. The average Bonchev–Trinajstić information content (AvgIpc) is 2.68. The van der Waals surface area contributed by atoms with E-state index in [1.165, 1.54) is 23.9 Å². The second-order valence-corrected chi connectivity index (χ2v) is 5.20. The molecule has 0 bridgehead atoms. The fourth-order valence-electron chi connectivity index (χ4n) is 1.31. The Morgan fingerprint density at radius 3 is 2.71 bits per heavy atom. The Bertz CT molecular complexity index is 506. The number of rotatable bonds is 5. The Hall–Kier alpha value is -1.38. The number of aryl methyl sites for hydroxylation is 1. The van der Waals surface area contributed by atoms with Gasteiger partial charge in [-0.2, -0.15) is 0 Å². The number of amides is 1. The van der Waals surface area contributed by atoms with Crippen molar-refractivity contribution in [3.05, 3.63) is 18.0 Å². The minimum atomic E-state index is -3.60. The van der Waals surface area contributed by atoms with Crippen LogP contribution in [0.1, 0.15) is 10.5 Å². The zero-order valence-electron chi connectivity index (χ0n) is 9.73. The summed E-state index contributed by atoms with van der Waals surface area (Å²) in [5.74, 6) is -0.340. The second-order valence-electron chi connectivity index (χ2n) is 3.44. The Labute approximate surface area is 100 Å². The van der Waals surface area contributed by atoms with E-state index >= 15 is 0 Å². The van der Waals surface area contributed by atoms with Gasteiger partial charge >= 0.3 is 0 Å². The number of nitrogens with zero attached hydrogens (tertiary/aromatic N) is 1. The zero-order chi connectivity index (χ0) is 13.1. The monoisotopic (exact) mass is 260 g/mol. The molecule has 1 heterocycles. The van der Waals surface area contributed by atoms with E-state index in [1.54, 1.807) is 7.05 Å². The summed E-state index contributed by atoms with van der Waals surface area (Å²) in [5.41, 5.74) is 5.50. The highest BCUT2D eigenvalue weighted by atomic mass is 32.2. The summed E-state index contributed by atoms with van der Waals surface area (Å²) in [5, 5.41) is 2.44. The van der Waals surface area contributed by atoms with Gasteiger partial charge in [0.1, 0.15) is 10.6 Å². The Morgan fingerprint density at radius 2 is 2.18 bits per heavy atom. The molecule has 7 nitrogen and oxygen atoms in total. The number of nitrogens with one attached hydrogen (secondary N) is 2. The molecule has 0 atom stereocenters. The minimum Gasteiger partial charge on any atom is -0.354 e. The maximum absolute atomic E-state index is 11.8. The molecule has 0 saturated heterocycles. The van der Waals surface area contributed by atoms with Crippen LogP contribution in [0.15, 0.2) is 17.2 Å². The van der Waals surface area contributed by atoms with Crippen molar-refractivity contribution in [3.63, 3.8) is 0 Å². The topological polar surface area (TPSA) is 106 Å². The zero-order valence-corrected chi connectivity index (χ0v) is 10.5. The van der Waals surface area contributed by atoms with Crippen LogP contribution in [0.25, 0.3) is 0 Å². The molecule has 0 aliphatic rings. The lowest BCUT2D eigenvalue weighted by atomic mass is 10.4. The van der Waals surface area contributed by atoms with Gasteiger partial charge in [0.05, 0.1) is 0 Å². The molecule has 0 unspecified atom stereocenters. The summed E-state index contributed by atoms with van der Waals surface area (Å²) in [4.78, 5) is 11.5. The number of sulfonamides is 1. The van der Waals surface area contributed by atoms with Crippen molar-refractivity contribution in [1.29, 1.82) is 0 Å². The third kappa shape index (κ3) is 3.05. The van der Waals surface area contributed by atoms with Crippen LogP contribution < -0.4 is 15.8 Å². The molecule has 8 heteroatoms. The van der Waals surface area contributed by atoms with Crippen LogP contribution in [0, 0.1) is 0 Å². The van der Waals surface area contributed by atoms with Crippen LogP contribution in [0.3, 0.4) is 0 Å². The molecular formula is C9H16N4O3S. The molecule has 0 fully saturated rings. The molecule has 0 spiro atoms. The molecule has 0 saturated carbocycles. The standard InChI is InChI=1S/C9H16N4O3S/c1-11-9(14)8-5-7(6-13(8)2)17(15,16)12-4-3-10/h5-6,12H,3-4,10H2,1-2H3,(H,11,14). The van der Waals surface area contributed by atoms with E-state index in [0.717, 1.165) is 0 Å². The molecule has 0 radical (unpaired) electrons. The normalized spacial score (nSPS) is 11.5. The van der Waals surface area contributed by atoms with Crippen molar-refractivity contribution in [3.8, 4) is 0 Å². The first-order valence-corrected chi connectivity index (χ1v) is 6.49. The molecule has 96 valence electrons. The van der Waals surface area contributed by atoms with Gasteiger partial charge in [0, 0.05) is 33.4 Å². The van der Waals surface area contributed by atoms with Crippen molar-refractivity contribution in [2.24, 2.45) is 12.8 Å². The fraction of sp³-hybridized carbons (Fsp3) is 0.444. The van der Waals surface area contributed by atoms with E-state index in [0.29, 0.717) is 0 Å². The molecular weight excluding hydrogens is 244 g/mol. The predicted octanol–water partition coefficient (Wildman–Crippen LogP) is -1.38. The highest BCUT2D eigenvalue weighted by Crippen LogP contribution is 2.12. The van der Waals surface area contributed by atoms with E-state index in [4.69, 9.17) is 5.73 Å². The van der Waals surface area contributed by atoms with E-state index in [2.05, 4.69) is 10.0 Å². The summed E-state index contributed by atoms with van der Waals surface area (Å²) in [6, 6.07) is 1.32. The summed E-state index contributed by atoms with van der Waals surface area (Å²) in [6.45, 7) is 0.376. The lowest BCUT2D eigenvalue weighted by Crippen LogP contribution is -2.28. The van der Waals surface area contributed by atoms with Crippen LogP contribution in [-0.4, -0.2) is 39.0 Å². The SMILES string of the molecule is CNC(=O)c1cc(S(=O)(=O)NCCN)cn1C. The molecule has 17 heavy (non-hydrogen) atoms. The number of hydrogen-bond acceptors (Lipinski definition) is 4. The molecule has 0 aliphatic carbocycles. The fourth-order valence-corrected chi connectivity index (χ4v) is 2.43. The van der Waals surface area contributed by atoms with Gasteiger partial charge in [0.25, 0.3) is 5.91 Å². The largest absolute Gasteiger partial charge is 0.354 e. The van der Waals surface area contributed by atoms with Crippen LogP contribution in [0.4, 0.5) is 0 Å². The lowest BCUT2D eigenvalue weighted by molar-refractivity contribution is 0.0955. The average molecular weight is 260 g/mol. The molecule has 1 aromatic rings. The van der Waals surface area contributed by atoms with Crippen LogP contribution >= 0.6 is 0 Å². The number of nitrogens with two attached hydrogens (primary N) is 1. The lowest BCUT2D eigenvalue weighted by Gasteiger charge is -2.01. The third-order valence-electron chi connectivity index (χ3n) is 2.19. The van der Waals surface area contributed by atoms with E-state index in [1.807, 2.05) is 0 Å². The van der Waals surface area contributed by atoms with Crippen molar-refractivity contribution in [2.75, 3.05) is 20.1 Å². The highest BCUT2D eigenvalue weighted by molar-refractivity contribution is 7.89. The molecule has 1 rings (SSSR count). The quantitative estimate of drug-likeness (QED) is 0.606. The van der Waals surface area contributed by atoms with Crippen molar-refractivity contribution >= 4 is 15.9 Å². The summed E-state index contributed by atoms with van der Waals surface area (Å²) in [6.07, 6.45) is 1.38. The number of carbonyl (C=O) groups is 1. The van der Waals surface area contributed by atoms with E-state index in [9.17, 15) is 13.2 Å². The van der Waals surface area contributed by atoms with Gasteiger partial charge in [-0.25, -0.2) is 13.1 Å². The number of hydrogen-bond donors (Lipinski definition) is 3. The third-order valence-corrected chi connectivity index (χ3v) is 3.61. The molecule has 1 aromatic heterocycles. The Morgan fingerprint density at radius 1 is 1.53 bits per heavy atom. The van der Waals surface area contributed by atoms with Crippen molar-refractivity contribution < 1.29 is 13.2 Å². The van der Waals surface area contributed by atoms with Crippen molar-refractivity contribution in [2.45, 2.75) is 4.90 Å². The molecule has 0 aliphatic heterocycles. The second kappa shape index (κ2) is 5.30. The van der Waals surface area contributed by atoms with Gasteiger partial charge in [-0.05, 0) is 6.07 Å². The maximum atomic E-state index is 11.8. The van der Waals surface area contributed by atoms with Gasteiger partial charge in [-0.1, -0.05) is 0 Å². The molecule has 1 amide bonds. The van der Waals surface area contributed by atoms with Crippen molar-refractivity contribution in [1.82, 2.24) is 14.6 Å². The Kier molecular flexibility index (Phi) is 4.27. The summed E-state index contributed by atoms with van der Waals surface area (Å²) >= 11 is 0. The first-order valence-electron chi connectivity index (χ1n) is 5.00. The Balaban J connectivity index is 3.05. The van der Waals surface area contributed by atoms with Gasteiger partial charge in [0.15, 0.2) is 0 Å². The number of carbonyl (C=O) groups excluding carboxylic acids is 1. The predicted molar refractivity (Wildman–Crippen MR) is 63.0 cm³/mol. The first kappa shape index (κ1) is 13.7. The maximum Gasteiger partial charge on any atom is 0.267 e. The number of aromatic nitrogens is 1. The van der Waals surface area contributed by atoms with Crippen LogP contribution in [0.2, 0.25) is 0 Å². The van der Waals surface area contributed by atoms with Gasteiger partial charge in [-0.15, -0.1) is 0 Å². The van der Waals surface area contributed by atoms with Gasteiger partial charge < -0.3 is 15.6 Å². The van der Waals surface area contributed by atoms with E-state index in [-0.39, 0.29) is 29.6 Å². The summed E-state index contributed by atoms with van der Waals surface area (Å²) < 4.78 is 27.3. The minimum absolute atomic E-state index is 0.0482. The van der Waals surface area contributed by atoms with E-state index < -0.39 is 10.0 Å². The first-order chi connectivity index (χ1) is 7.92. The molecule has 4 N–H and O–H groups in total. The van der Waals surface area contributed by atoms with Gasteiger partial charge in [-0.3, -0.25) is 4.79 Å². The summed E-state index contributed by atoms with van der Waals surface area (Å²) in [7, 11) is -0.511. The van der Waals surface area contributed by atoms with Crippen LogP contribution in [-0.2, 0) is 17.1 Å². The van der Waals surface area contributed by atoms with Crippen LogP contribution in [0.5, 0.6) is 0 Å². The van der Waals surface area contributed by atoms with Gasteiger partial charge in [0.2, 0.25) is 10.0 Å². The molecule has 0 aromatic carbocycles. The highest BCUT2D eigenvalue weighted by Gasteiger charge is 2.19.